The minimum Gasteiger partial charge on any atom is -0.494 e. The summed E-state index contributed by atoms with van der Waals surface area (Å²) < 4.78 is 18.4. The van der Waals surface area contributed by atoms with Crippen molar-refractivity contribution in [2.24, 2.45) is 0 Å². The van der Waals surface area contributed by atoms with E-state index in [0.717, 1.165) is 29.9 Å². The van der Waals surface area contributed by atoms with Gasteiger partial charge in [0.15, 0.2) is 11.6 Å². The Morgan fingerprint density at radius 3 is 2.80 bits per heavy atom. The SMILES string of the molecule is COc1cc(C(C)NCC2(O)CCSCC2)ccc1F. The number of hydrogen-bond acceptors (Lipinski definition) is 4. The molecule has 1 aromatic carbocycles. The summed E-state index contributed by atoms with van der Waals surface area (Å²) in [6.45, 7) is 2.57. The number of halogens is 1. The highest BCUT2D eigenvalue weighted by Crippen LogP contribution is 2.27. The quantitative estimate of drug-likeness (QED) is 0.877. The molecule has 0 bridgehead atoms. The monoisotopic (exact) mass is 299 g/mol. The molecule has 1 atom stereocenters. The molecule has 0 spiro atoms. The van der Waals surface area contributed by atoms with Crippen LogP contribution in [0.4, 0.5) is 4.39 Å². The van der Waals surface area contributed by atoms with E-state index in [1.165, 1.54) is 13.2 Å². The summed E-state index contributed by atoms with van der Waals surface area (Å²) >= 11 is 1.89. The average molecular weight is 299 g/mol. The zero-order valence-corrected chi connectivity index (χ0v) is 12.8. The van der Waals surface area contributed by atoms with Crippen molar-refractivity contribution in [1.29, 1.82) is 0 Å². The first-order chi connectivity index (χ1) is 9.54. The van der Waals surface area contributed by atoms with Crippen LogP contribution >= 0.6 is 11.8 Å². The largest absolute Gasteiger partial charge is 0.494 e. The van der Waals surface area contributed by atoms with E-state index in [-0.39, 0.29) is 17.6 Å². The summed E-state index contributed by atoms with van der Waals surface area (Å²) in [6.07, 6.45) is 1.65. The zero-order chi connectivity index (χ0) is 14.6. The third kappa shape index (κ3) is 3.87. The van der Waals surface area contributed by atoms with Gasteiger partial charge in [-0.05, 0) is 49.0 Å². The standard InChI is InChI=1S/C15H22FNO2S/c1-11(12-3-4-13(16)14(9-12)19-2)17-10-15(18)5-7-20-8-6-15/h3-4,9,11,17-18H,5-8,10H2,1-2H3. The molecular weight excluding hydrogens is 277 g/mol. The average Bonchev–Trinajstić information content (AvgIpc) is 2.46. The summed E-state index contributed by atoms with van der Waals surface area (Å²) in [5.74, 6) is 1.92. The highest BCUT2D eigenvalue weighted by molar-refractivity contribution is 7.99. The molecule has 1 aromatic rings. The van der Waals surface area contributed by atoms with Gasteiger partial charge >= 0.3 is 0 Å². The van der Waals surface area contributed by atoms with Gasteiger partial charge in [-0.3, -0.25) is 0 Å². The van der Waals surface area contributed by atoms with Crippen molar-refractivity contribution < 1.29 is 14.2 Å². The normalized spacial score (nSPS) is 19.6. The van der Waals surface area contributed by atoms with Crippen LogP contribution < -0.4 is 10.1 Å². The van der Waals surface area contributed by atoms with Crippen molar-refractivity contribution in [1.82, 2.24) is 5.32 Å². The van der Waals surface area contributed by atoms with Crippen LogP contribution in [0, 0.1) is 5.82 Å². The molecule has 1 aliphatic heterocycles. The van der Waals surface area contributed by atoms with Gasteiger partial charge in [-0.25, -0.2) is 4.39 Å². The van der Waals surface area contributed by atoms with Crippen molar-refractivity contribution in [2.45, 2.75) is 31.4 Å². The molecule has 20 heavy (non-hydrogen) atoms. The third-order valence-corrected chi connectivity index (χ3v) is 4.82. The molecule has 5 heteroatoms. The van der Waals surface area contributed by atoms with E-state index in [1.807, 2.05) is 18.7 Å². The van der Waals surface area contributed by atoms with E-state index in [2.05, 4.69) is 5.32 Å². The lowest BCUT2D eigenvalue weighted by Gasteiger charge is -2.33. The fourth-order valence-electron chi connectivity index (χ4n) is 2.33. The Morgan fingerprint density at radius 1 is 1.45 bits per heavy atom. The van der Waals surface area contributed by atoms with Gasteiger partial charge in [-0.2, -0.15) is 11.8 Å². The number of nitrogens with one attached hydrogen (secondary N) is 1. The smallest absolute Gasteiger partial charge is 0.165 e. The lowest BCUT2D eigenvalue weighted by Crippen LogP contribution is -2.44. The van der Waals surface area contributed by atoms with Gasteiger partial charge in [0.05, 0.1) is 12.7 Å². The first-order valence-corrected chi connectivity index (χ1v) is 8.06. The van der Waals surface area contributed by atoms with Crippen molar-refractivity contribution in [3.8, 4) is 5.75 Å². The third-order valence-electron chi connectivity index (χ3n) is 3.84. The van der Waals surface area contributed by atoms with Crippen molar-refractivity contribution in [2.75, 3.05) is 25.2 Å². The molecule has 1 unspecified atom stereocenters. The van der Waals surface area contributed by atoms with Crippen LogP contribution in [0.25, 0.3) is 0 Å². The number of thioether (sulfide) groups is 1. The van der Waals surface area contributed by atoms with Gasteiger partial charge in [-0.15, -0.1) is 0 Å². The van der Waals surface area contributed by atoms with Gasteiger partial charge in [0.1, 0.15) is 0 Å². The van der Waals surface area contributed by atoms with Crippen molar-refractivity contribution in [3.05, 3.63) is 29.6 Å². The number of methoxy groups -OCH3 is 1. The fourth-order valence-corrected chi connectivity index (χ4v) is 3.59. The molecule has 1 heterocycles. The highest BCUT2D eigenvalue weighted by atomic mass is 32.2. The molecule has 0 saturated carbocycles. The predicted molar refractivity (Wildman–Crippen MR) is 80.9 cm³/mol. The lowest BCUT2D eigenvalue weighted by atomic mass is 9.96. The summed E-state index contributed by atoms with van der Waals surface area (Å²) in [5.41, 5.74) is 0.348. The number of benzene rings is 1. The van der Waals surface area contributed by atoms with Gasteiger partial charge in [0.2, 0.25) is 0 Å². The number of rotatable bonds is 5. The van der Waals surface area contributed by atoms with Gasteiger partial charge in [0.25, 0.3) is 0 Å². The first-order valence-electron chi connectivity index (χ1n) is 6.91. The topological polar surface area (TPSA) is 41.5 Å². The highest BCUT2D eigenvalue weighted by Gasteiger charge is 2.29. The Hall–Kier alpha value is -0.780. The molecule has 2 rings (SSSR count). The minimum atomic E-state index is -0.608. The molecule has 1 fully saturated rings. The molecule has 3 nitrogen and oxygen atoms in total. The Bertz CT molecular complexity index is 449. The van der Waals surface area contributed by atoms with Crippen LogP contribution in [-0.2, 0) is 0 Å². The minimum absolute atomic E-state index is 0.0445. The molecule has 2 N–H and O–H groups in total. The van der Waals surface area contributed by atoms with E-state index < -0.39 is 5.60 Å². The predicted octanol–water partition coefficient (Wildman–Crippen LogP) is 2.74. The summed E-state index contributed by atoms with van der Waals surface area (Å²) in [6, 6.07) is 4.91. The Kier molecular flexibility index (Phi) is 5.29. The molecule has 112 valence electrons. The first kappa shape index (κ1) is 15.6. The number of ether oxygens (including phenoxy) is 1. The van der Waals surface area contributed by atoms with Crippen molar-refractivity contribution in [3.63, 3.8) is 0 Å². The van der Waals surface area contributed by atoms with Gasteiger partial charge in [-0.1, -0.05) is 6.07 Å². The zero-order valence-electron chi connectivity index (χ0n) is 12.0. The lowest BCUT2D eigenvalue weighted by molar-refractivity contribution is 0.0300. The van der Waals surface area contributed by atoms with Crippen LogP contribution in [0.5, 0.6) is 5.75 Å². The van der Waals surface area contributed by atoms with Crippen LogP contribution in [0.1, 0.15) is 31.4 Å². The van der Waals surface area contributed by atoms with E-state index in [1.54, 1.807) is 12.1 Å². The van der Waals surface area contributed by atoms with E-state index >= 15 is 0 Å². The number of hydrogen-bond donors (Lipinski definition) is 2. The molecular formula is C15H22FNO2S. The molecule has 0 amide bonds. The molecule has 0 aromatic heterocycles. The summed E-state index contributed by atoms with van der Waals surface area (Å²) in [5, 5.41) is 13.8. The molecule has 0 radical (unpaired) electrons. The van der Waals surface area contributed by atoms with Crippen LogP contribution in [-0.4, -0.2) is 35.9 Å². The second-order valence-corrected chi connectivity index (χ2v) is 6.56. The molecule has 1 saturated heterocycles. The Morgan fingerprint density at radius 2 is 2.15 bits per heavy atom. The number of aliphatic hydroxyl groups is 1. The van der Waals surface area contributed by atoms with Crippen LogP contribution in [0.15, 0.2) is 18.2 Å². The van der Waals surface area contributed by atoms with E-state index in [4.69, 9.17) is 4.74 Å². The van der Waals surface area contributed by atoms with E-state index in [0.29, 0.717) is 6.54 Å². The fraction of sp³-hybridized carbons (Fsp3) is 0.600. The van der Waals surface area contributed by atoms with Gasteiger partial charge in [0, 0.05) is 12.6 Å². The second kappa shape index (κ2) is 6.78. The summed E-state index contributed by atoms with van der Waals surface area (Å²) in [7, 11) is 1.46. The van der Waals surface area contributed by atoms with Crippen molar-refractivity contribution >= 4 is 11.8 Å². The maximum atomic E-state index is 13.4. The Balaban J connectivity index is 1.95. The van der Waals surface area contributed by atoms with Gasteiger partial charge < -0.3 is 15.2 Å². The Labute approximate surface area is 123 Å². The second-order valence-electron chi connectivity index (χ2n) is 5.33. The summed E-state index contributed by atoms with van der Waals surface area (Å²) in [4.78, 5) is 0. The van der Waals surface area contributed by atoms with Crippen LogP contribution in [0.2, 0.25) is 0 Å². The molecule has 1 aliphatic rings. The van der Waals surface area contributed by atoms with E-state index in [9.17, 15) is 9.50 Å². The maximum Gasteiger partial charge on any atom is 0.165 e. The maximum absolute atomic E-state index is 13.4. The molecule has 0 aliphatic carbocycles. The van der Waals surface area contributed by atoms with Crippen LogP contribution in [0.3, 0.4) is 0 Å².